The van der Waals surface area contributed by atoms with Crippen LogP contribution in [0.2, 0.25) is 0 Å². The van der Waals surface area contributed by atoms with Crippen molar-refractivity contribution in [3.63, 3.8) is 0 Å². The Hall–Kier alpha value is -2.28. The summed E-state index contributed by atoms with van der Waals surface area (Å²) in [5.74, 6) is -0.0834. The monoisotopic (exact) mass is 720 g/mol. The first kappa shape index (κ1) is 37.0. The van der Waals surface area contributed by atoms with Gasteiger partial charge in [0.05, 0.1) is 30.2 Å². The third kappa shape index (κ3) is 9.48. The summed E-state index contributed by atoms with van der Waals surface area (Å²) in [4.78, 5) is 15.5. The van der Waals surface area contributed by atoms with Crippen molar-refractivity contribution in [1.29, 1.82) is 0 Å². The molecule has 3 aliphatic rings. The molecular weight excluding hydrogens is 677 g/mol. The molecule has 3 aliphatic heterocycles. The number of alkyl halides is 4. The van der Waals surface area contributed by atoms with Crippen LogP contribution in [-0.2, 0) is 40.5 Å². The minimum atomic E-state index is -4.59. The van der Waals surface area contributed by atoms with Crippen molar-refractivity contribution < 1.29 is 41.0 Å². The van der Waals surface area contributed by atoms with E-state index in [1.807, 2.05) is 4.90 Å². The number of aliphatic hydroxyl groups excluding tert-OH is 2. The van der Waals surface area contributed by atoms with E-state index >= 15 is 0 Å². The summed E-state index contributed by atoms with van der Waals surface area (Å²) in [7, 11) is -3.56. The molecule has 5 rings (SSSR count). The van der Waals surface area contributed by atoms with E-state index in [4.69, 9.17) is 10.2 Å². The average Bonchev–Trinajstić information content (AvgIpc) is 3.38. The van der Waals surface area contributed by atoms with Crippen LogP contribution in [0.5, 0.6) is 0 Å². The minimum absolute atomic E-state index is 0.00945. The molecule has 0 spiro atoms. The lowest BCUT2D eigenvalue weighted by molar-refractivity contribution is -0.139. The predicted octanol–water partition coefficient (Wildman–Crippen LogP) is 2.35. The summed E-state index contributed by atoms with van der Waals surface area (Å²) in [5, 5.41) is 27.6. The molecule has 17 heteroatoms. The minimum Gasteiger partial charge on any atom is -0.390 e. The van der Waals surface area contributed by atoms with Crippen LogP contribution >= 0.6 is 11.8 Å². The molecule has 1 aromatic carbocycles. The Balaban J connectivity index is 1.36. The number of nitrogens with zero attached hydrogens (tertiary/aromatic N) is 5. The van der Waals surface area contributed by atoms with Crippen molar-refractivity contribution in [3.05, 3.63) is 35.0 Å². The number of sulfonamides is 1. The lowest BCUT2D eigenvalue weighted by Crippen LogP contribution is -2.47. The summed E-state index contributed by atoms with van der Waals surface area (Å²) in [6.45, 7) is 2.81. The smallest absolute Gasteiger partial charge is 0.390 e. The molecule has 2 saturated heterocycles. The van der Waals surface area contributed by atoms with E-state index in [1.165, 1.54) is 16.4 Å². The summed E-state index contributed by atoms with van der Waals surface area (Å²) in [6, 6.07) is 3.79. The molecule has 1 aromatic heterocycles. The quantitative estimate of drug-likeness (QED) is 0.224. The number of aromatic nitrogens is 2. The Morgan fingerprint density at radius 3 is 2.54 bits per heavy atom. The molecule has 48 heavy (non-hydrogen) atoms. The topological polar surface area (TPSA) is 131 Å². The second kappa shape index (κ2) is 15.7. The standard InChI is InChI=1S/C31H44F4N6O5S2/c1-48(45,46)40-12-8-27-25(19-40)30(37-41(27)18-24(43)17-39-10-6-23(7-11-39)36-29(44)20-42)21-4-5-26(31(33,34)35)28(15-21)47-14-13-38-9-2-3-22(32)16-38/h4-5,15,22-24,42-43H,2-3,6-14,16-20H2,1H3,(H,36,44)/t22?,24-/m0/s1. The molecule has 268 valence electrons. The highest BCUT2D eigenvalue weighted by atomic mass is 32.2. The summed E-state index contributed by atoms with van der Waals surface area (Å²) < 4.78 is 84.0. The van der Waals surface area contributed by atoms with Crippen LogP contribution in [-0.4, -0.2) is 131 Å². The first-order chi connectivity index (χ1) is 22.7. The number of amides is 1. The number of likely N-dealkylation sites (tertiary alicyclic amines) is 2. The molecular formula is C31H44F4N6O5S2. The zero-order valence-corrected chi connectivity index (χ0v) is 28.6. The fourth-order valence-corrected chi connectivity index (χ4v) is 8.64. The van der Waals surface area contributed by atoms with E-state index in [1.54, 1.807) is 4.68 Å². The van der Waals surface area contributed by atoms with Gasteiger partial charge in [0, 0.05) is 85.7 Å². The highest BCUT2D eigenvalue weighted by molar-refractivity contribution is 7.99. The largest absolute Gasteiger partial charge is 0.417 e. The third-order valence-electron chi connectivity index (χ3n) is 9.19. The maximum atomic E-state index is 14.1. The zero-order valence-electron chi connectivity index (χ0n) is 27.0. The van der Waals surface area contributed by atoms with E-state index < -0.39 is 46.6 Å². The van der Waals surface area contributed by atoms with E-state index in [2.05, 4.69) is 10.2 Å². The van der Waals surface area contributed by atoms with E-state index in [0.29, 0.717) is 87.4 Å². The number of carbonyl (C=O) groups is 1. The predicted molar refractivity (Wildman–Crippen MR) is 174 cm³/mol. The number of aliphatic hydroxyl groups is 2. The normalized spacial score (nSPS) is 21.3. The Kier molecular flexibility index (Phi) is 12.1. The van der Waals surface area contributed by atoms with Crippen LogP contribution in [0.25, 0.3) is 11.3 Å². The summed E-state index contributed by atoms with van der Waals surface area (Å²) in [6.07, 6.45) is -2.36. The molecule has 0 aliphatic carbocycles. The zero-order chi connectivity index (χ0) is 34.6. The Bertz CT molecular complexity index is 1530. The van der Waals surface area contributed by atoms with Crippen LogP contribution in [0.4, 0.5) is 17.6 Å². The molecule has 2 atom stereocenters. The molecule has 0 radical (unpaired) electrons. The van der Waals surface area contributed by atoms with E-state index in [0.717, 1.165) is 29.8 Å². The van der Waals surface area contributed by atoms with Gasteiger partial charge in [-0.05, 0) is 44.4 Å². The molecule has 3 N–H and O–H groups in total. The number of nitrogens with one attached hydrogen (secondary N) is 1. The lowest BCUT2D eigenvalue weighted by atomic mass is 10.0. The van der Waals surface area contributed by atoms with Gasteiger partial charge in [-0.15, -0.1) is 11.8 Å². The number of benzene rings is 1. The van der Waals surface area contributed by atoms with Crippen molar-refractivity contribution in [2.45, 2.75) is 74.6 Å². The van der Waals surface area contributed by atoms with Crippen molar-refractivity contribution in [1.82, 2.24) is 29.2 Å². The van der Waals surface area contributed by atoms with Crippen LogP contribution in [0.3, 0.4) is 0 Å². The maximum Gasteiger partial charge on any atom is 0.417 e. The SMILES string of the molecule is CS(=O)(=O)N1CCc2c(c(-c3ccc(C(F)(F)F)c(SCCN4CCCC(F)C4)c3)nn2C[C@@H](O)CN2CCC(NC(=O)CO)CC2)C1. The Morgan fingerprint density at radius 1 is 1.12 bits per heavy atom. The number of fused-ring (bicyclic) bond motifs is 1. The van der Waals surface area contributed by atoms with Crippen LogP contribution in [0.1, 0.15) is 42.5 Å². The van der Waals surface area contributed by atoms with Crippen LogP contribution < -0.4 is 5.32 Å². The first-order valence-electron chi connectivity index (χ1n) is 16.3. The van der Waals surface area contributed by atoms with Gasteiger partial charge in [0.1, 0.15) is 12.8 Å². The van der Waals surface area contributed by atoms with Crippen molar-refractivity contribution in [2.75, 3.05) is 64.4 Å². The molecule has 0 saturated carbocycles. The van der Waals surface area contributed by atoms with Gasteiger partial charge in [-0.3, -0.25) is 14.4 Å². The van der Waals surface area contributed by atoms with E-state index in [-0.39, 0.29) is 37.1 Å². The van der Waals surface area contributed by atoms with Gasteiger partial charge in [-0.1, -0.05) is 6.07 Å². The molecule has 2 fully saturated rings. The van der Waals surface area contributed by atoms with Gasteiger partial charge in [-0.2, -0.15) is 22.6 Å². The van der Waals surface area contributed by atoms with Gasteiger partial charge in [0.15, 0.2) is 0 Å². The van der Waals surface area contributed by atoms with Gasteiger partial charge >= 0.3 is 6.18 Å². The molecule has 1 amide bonds. The van der Waals surface area contributed by atoms with Crippen molar-refractivity contribution in [3.8, 4) is 11.3 Å². The van der Waals surface area contributed by atoms with Crippen LogP contribution in [0.15, 0.2) is 23.1 Å². The highest BCUT2D eigenvalue weighted by Gasteiger charge is 2.35. The van der Waals surface area contributed by atoms with E-state index in [9.17, 15) is 35.9 Å². The number of piperidine rings is 2. The molecule has 1 unspecified atom stereocenters. The lowest BCUT2D eigenvalue weighted by Gasteiger charge is -2.33. The fraction of sp³-hybridized carbons (Fsp3) is 0.677. The number of hydrogen-bond acceptors (Lipinski definition) is 9. The molecule has 11 nitrogen and oxygen atoms in total. The molecule has 4 heterocycles. The average molecular weight is 721 g/mol. The molecule has 0 bridgehead atoms. The van der Waals surface area contributed by atoms with Gasteiger partial charge in [-0.25, -0.2) is 12.8 Å². The maximum absolute atomic E-state index is 14.1. The molecule has 2 aromatic rings. The number of carbonyl (C=O) groups excluding carboxylic acids is 1. The summed E-state index contributed by atoms with van der Waals surface area (Å²) >= 11 is 1.06. The van der Waals surface area contributed by atoms with Crippen LogP contribution in [0, 0.1) is 0 Å². The number of hydrogen-bond donors (Lipinski definition) is 3. The van der Waals surface area contributed by atoms with Gasteiger partial charge in [0.25, 0.3) is 0 Å². The number of thioether (sulfide) groups is 1. The second-order valence-electron chi connectivity index (χ2n) is 12.9. The first-order valence-corrected chi connectivity index (χ1v) is 19.1. The summed E-state index contributed by atoms with van der Waals surface area (Å²) in [5.41, 5.74) is 1.34. The number of β-amino-alcohol motifs (C(OH)–C–C–N with tert-alkyl or cyclic N) is 1. The van der Waals surface area contributed by atoms with Gasteiger partial charge in [0.2, 0.25) is 15.9 Å². The van der Waals surface area contributed by atoms with Crippen molar-refractivity contribution >= 4 is 27.7 Å². The van der Waals surface area contributed by atoms with Gasteiger partial charge < -0.3 is 20.4 Å². The number of halogens is 4. The number of rotatable bonds is 12. The van der Waals surface area contributed by atoms with Crippen molar-refractivity contribution in [2.24, 2.45) is 0 Å². The fourth-order valence-electron chi connectivity index (χ4n) is 6.73. The third-order valence-corrected chi connectivity index (χ3v) is 11.5. The second-order valence-corrected chi connectivity index (χ2v) is 16.0. The highest BCUT2D eigenvalue weighted by Crippen LogP contribution is 2.40. The Labute approximate surface area is 282 Å². The Morgan fingerprint density at radius 2 is 1.88 bits per heavy atom.